The Bertz CT molecular complexity index is 869. The van der Waals surface area contributed by atoms with Gasteiger partial charge in [0.1, 0.15) is 23.1 Å². The lowest BCUT2D eigenvalue weighted by molar-refractivity contribution is -0.123. The van der Waals surface area contributed by atoms with Crippen LogP contribution in [0.2, 0.25) is 0 Å². The number of carboxylic acid groups (broad SMARTS) is 1. The van der Waals surface area contributed by atoms with Gasteiger partial charge in [-0.2, -0.15) is 0 Å². The molecule has 0 spiro atoms. The van der Waals surface area contributed by atoms with Crippen LogP contribution in [0.5, 0.6) is 0 Å². The van der Waals surface area contributed by atoms with E-state index in [1.165, 1.54) is 6.07 Å². The third-order valence-corrected chi connectivity index (χ3v) is 4.35. The van der Waals surface area contributed by atoms with Crippen LogP contribution in [0.4, 0.5) is 0 Å². The maximum atomic E-state index is 12.6. The third-order valence-electron chi connectivity index (χ3n) is 4.35. The smallest absolute Gasteiger partial charge is 0.339 e. The molecule has 3 N–H and O–H groups in total. The minimum atomic E-state index is -1.08. The molecule has 0 bridgehead atoms. The Kier molecular flexibility index (Phi) is 6.98. The number of benzene rings is 1. The Morgan fingerprint density at radius 1 is 1.11 bits per heavy atom. The molecule has 28 heavy (non-hydrogen) atoms. The van der Waals surface area contributed by atoms with Gasteiger partial charge in [0.2, 0.25) is 5.91 Å². The van der Waals surface area contributed by atoms with E-state index in [1.807, 2.05) is 32.9 Å². The molecule has 150 valence electrons. The Hall–Kier alpha value is -3.09. The van der Waals surface area contributed by atoms with Gasteiger partial charge < -0.3 is 20.2 Å². The second kappa shape index (κ2) is 9.21. The van der Waals surface area contributed by atoms with E-state index in [2.05, 4.69) is 10.6 Å². The van der Waals surface area contributed by atoms with Crippen LogP contribution < -0.4 is 10.6 Å². The second-order valence-corrected chi connectivity index (χ2v) is 7.18. The normalized spacial score (nSPS) is 11.9. The van der Waals surface area contributed by atoms with Crippen molar-refractivity contribution in [2.75, 3.05) is 0 Å². The third kappa shape index (κ3) is 5.45. The van der Waals surface area contributed by atoms with Crippen molar-refractivity contribution in [3.05, 3.63) is 58.5 Å². The number of furan rings is 1. The monoisotopic (exact) mass is 386 g/mol. The highest BCUT2D eigenvalue weighted by molar-refractivity contribution is 5.98. The number of nitrogens with one attached hydrogen (secondary N) is 2. The zero-order chi connectivity index (χ0) is 20.8. The van der Waals surface area contributed by atoms with Crippen molar-refractivity contribution in [2.24, 2.45) is 5.92 Å². The van der Waals surface area contributed by atoms with E-state index in [4.69, 9.17) is 9.52 Å². The quantitative estimate of drug-likeness (QED) is 0.646. The van der Waals surface area contributed by atoms with E-state index in [0.717, 1.165) is 5.56 Å². The molecule has 0 radical (unpaired) electrons. The molecule has 0 aliphatic carbocycles. The first kappa shape index (κ1) is 21.2. The first-order valence-corrected chi connectivity index (χ1v) is 9.15. The van der Waals surface area contributed by atoms with E-state index in [9.17, 15) is 14.4 Å². The van der Waals surface area contributed by atoms with Crippen LogP contribution in [0.25, 0.3) is 0 Å². The van der Waals surface area contributed by atoms with Gasteiger partial charge in [0.25, 0.3) is 5.91 Å². The van der Waals surface area contributed by atoms with Crippen molar-refractivity contribution in [1.82, 2.24) is 10.6 Å². The molecule has 2 aromatic rings. The van der Waals surface area contributed by atoms with Crippen LogP contribution in [-0.2, 0) is 11.3 Å². The van der Waals surface area contributed by atoms with E-state index < -0.39 is 12.0 Å². The molecule has 2 amide bonds. The predicted molar refractivity (Wildman–Crippen MR) is 104 cm³/mol. The summed E-state index contributed by atoms with van der Waals surface area (Å²) < 4.78 is 5.37. The fourth-order valence-electron chi connectivity index (χ4n) is 2.91. The molecule has 1 atom stereocenters. The van der Waals surface area contributed by atoms with Gasteiger partial charge in [0, 0.05) is 5.56 Å². The maximum Gasteiger partial charge on any atom is 0.339 e. The van der Waals surface area contributed by atoms with Crippen molar-refractivity contribution in [2.45, 2.75) is 46.7 Å². The van der Waals surface area contributed by atoms with Gasteiger partial charge in [0.15, 0.2) is 0 Å². The number of hydrogen-bond acceptors (Lipinski definition) is 4. The summed E-state index contributed by atoms with van der Waals surface area (Å²) in [6, 6.07) is 7.86. The highest BCUT2D eigenvalue weighted by Gasteiger charge is 2.23. The van der Waals surface area contributed by atoms with Crippen LogP contribution in [0.3, 0.4) is 0 Å². The maximum absolute atomic E-state index is 12.6. The molecule has 1 unspecified atom stereocenters. The first-order chi connectivity index (χ1) is 13.2. The van der Waals surface area contributed by atoms with Crippen molar-refractivity contribution in [1.29, 1.82) is 0 Å². The number of aromatic carboxylic acids is 1. The summed E-state index contributed by atoms with van der Waals surface area (Å²) >= 11 is 0. The number of hydrogen-bond donors (Lipinski definition) is 3. The number of carbonyl (C=O) groups excluding carboxylic acids is 2. The summed E-state index contributed by atoms with van der Waals surface area (Å²) in [5.41, 5.74) is 1.42. The molecule has 0 aliphatic rings. The van der Waals surface area contributed by atoms with E-state index in [-0.39, 0.29) is 35.6 Å². The van der Waals surface area contributed by atoms with Crippen molar-refractivity contribution < 1.29 is 23.9 Å². The van der Waals surface area contributed by atoms with Crippen molar-refractivity contribution in [3.63, 3.8) is 0 Å². The van der Waals surface area contributed by atoms with Gasteiger partial charge in [-0.15, -0.1) is 0 Å². The van der Waals surface area contributed by atoms with Gasteiger partial charge in [0.05, 0.1) is 6.54 Å². The molecule has 0 aliphatic heterocycles. The molecule has 1 aromatic heterocycles. The molecular weight excluding hydrogens is 360 g/mol. The van der Waals surface area contributed by atoms with Crippen LogP contribution in [0.1, 0.15) is 58.1 Å². The fraction of sp³-hybridized carbons (Fsp3) is 0.381. The average Bonchev–Trinajstić information content (AvgIpc) is 3.00. The summed E-state index contributed by atoms with van der Waals surface area (Å²) in [6.45, 7) is 7.37. The molecule has 0 saturated carbocycles. The van der Waals surface area contributed by atoms with Gasteiger partial charge in [-0.3, -0.25) is 9.59 Å². The zero-order valence-corrected chi connectivity index (χ0v) is 16.5. The summed E-state index contributed by atoms with van der Waals surface area (Å²) in [4.78, 5) is 36.3. The second-order valence-electron chi connectivity index (χ2n) is 7.18. The minimum Gasteiger partial charge on any atom is -0.478 e. The Morgan fingerprint density at radius 3 is 2.36 bits per heavy atom. The standard InChI is InChI=1S/C21H26N2O5/c1-12(2)9-18(23-19(24)16-8-6-5-7-13(16)3)20(25)22-11-15-10-17(21(26)27)14(4)28-15/h5-8,10,12,18H,9,11H2,1-4H3,(H,22,25)(H,23,24)(H,26,27). The number of rotatable bonds is 8. The first-order valence-electron chi connectivity index (χ1n) is 9.15. The van der Waals surface area contributed by atoms with E-state index in [0.29, 0.717) is 17.7 Å². The fourth-order valence-corrected chi connectivity index (χ4v) is 2.91. The van der Waals surface area contributed by atoms with Crippen LogP contribution in [0.15, 0.2) is 34.7 Å². The lowest BCUT2D eigenvalue weighted by Gasteiger charge is -2.20. The molecule has 2 rings (SSSR count). The zero-order valence-electron chi connectivity index (χ0n) is 16.5. The highest BCUT2D eigenvalue weighted by atomic mass is 16.4. The number of amides is 2. The molecule has 1 aromatic carbocycles. The SMILES string of the molecule is Cc1ccccc1C(=O)NC(CC(C)C)C(=O)NCc1cc(C(=O)O)c(C)o1. The van der Waals surface area contributed by atoms with Gasteiger partial charge in [-0.25, -0.2) is 4.79 Å². The predicted octanol–water partition coefficient (Wildman–Crippen LogP) is 3.06. The Morgan fingerprint density at radius 2 is 1.79 bits per heavy atom. The summed E-state index contributed by atoms with van der Waals surface area (Å²) in [6.07, 6.45) is 0.473. The Balaban J connectivity index is 2.06. The summed E-state index contributed by atoms with van der Waals surface area (Å²) in [7, 11) is 0. The Labute approximate surface area is 164 Å². The molecular formula is C21H26N2O5. The number of aryl methyl sites for hydroxylation is 2. The number of carboxylic acids is 1. The lowest BCUT2D eigenvalue weighted by Crippen LogP contribution is -2.47. The molecule has 7 heteroatoms. The van der Waals surface area contributed by atoms with E-state index >= 15 is 0 Å². The molecule has 0 saturated heterocycles. The minimum absolute atomic E-state index is 0.0434. The van der Waals surface area contributed by atoms with Crippen LogP contribution in [-0.4, -0.2) is 28.9 Å². The van der Waals surface area contributed by atoms with Crippen LogP contribution >= 0.6 is 0 Å². The lowest BCUT2D eigenvalue weighted by atomic mass is 10.0. The topological polar surface area (TPSA) is 109 Å². The summed E-state index contributed by atoms with van der Waals surface area (Å²) in [5, 5.41) is 14.6. The number of carbonyl (C=O) groups is 3. The largest absolute Gasteiger partial charge is 0.478 e. The molecule has 7 nitrogen and oxygen atoms in total. The van der Waals surface area contributed by atoms with Gasteiger partial charge in [-0.05, 0) is 43.9 Å². The van der Waals surface area contributed by atoms with Crippen LogP contribution in [0, 0.1) is 19.8 Å². The van der Waals surface area contributed by atoms with E-state index in [1.54, 1.807) is 19.1 Å². The molecule has 1 heterocycles. The van der Waals surface area contributed by atoms with Gasteiger partial charge >= 0.3 is 5.97 Å². The van der Waals surface area contributed by atoms with Gasteiger partial charge in [-0.1, -0.05) is 32.0 Å². The highest BCUT2D eigenvalue weighted by Crippen LogP contribution is 2.15. The van der Waals surface area contributed by atoms with Crippen molar-refractivity contribution >= 4 is 17.8 Å². The average molecular weight is 386 g/mol. The summed E-state index contributed by atoms with van der Waals surface area (Å²) in [5.74, 6) is -0.915. The molecule has 0 fully saturated rings. The van der Waals surface area contributed by atoms with Crippen molar-refractivity contribution in [3.8, 4) is 0 Å².